The van der Waals surface area contributed by atoms with Crippen LogP contribution < -0.4 is 4.90 Å². The quantitative estimate of drug-likeness (QED) is 0.600. The monoisotopic (exact) mass is 333 g/mol. The average Bonchev–Trinajstić information content (AvgIpc) is 3.08. The molecule has 2 aromatic rings. The third-order valence-electron chi connectivity index (χ3n) is 3.95. The van der Waals surface area contributed by atoms with Crippen LogP contribution in [0.5, 0.6) is 0 Å². The van der Waals surface area contributed by atoms with Crippen LogP contribution in [0.3, 0.4) is 0 Å². The van der Waals surface area contributed by atoms with E-state index in [0.717, 1.165) is 11.8 Å². The third-order valence-corrected chi connectivity index (χ3v) is 3.95. The lowest BCUT2D eigenvalue weighted by atomic mass is 10.2. The lowest BCUT2D eigenvalue weighted by Crippen LogP contribution is -2.46. The normalized spacial score (nSPS) is 15.4. The smallest absolute Gasteiger partial charge is 0.299 e. The Hall–Kier alpha value is -3.01. The van der Waals surface area contributed by atoms with Crippen molar-refractivity contribution in [2.75, 3.05) is 31.1 Å². The molecule has 0 saturated carbocycles. The highest BCUT2D eigenvalue weighted by molar-refractivity contribution is 5.67. The van der Waals surface area contributed by atoms with Crippen LogP contribution in [0, 0.1) is 20.2 Å². The van der Waals surface area contributed by atoms with Gasteiger partial charge in [-0.25, -0.2) is 4.98 Å². The van der Waals surface area contributed by atoms with E-state index in [-0.39, 0.29) is 11.4 Å². The van der Waals surface area contributed by atoms with Crippen molar-refractivity contribution < 1.29 is 14.3 Å². The maximum Gasteiger partial charge on any atom is 0.299 e. The summed E-state index contributed by atoms with van der Waals surface area (Å²) < 4.78 is 4.94. The maximum atomic E-state index is 11.2. The molecule has 1 saturated heterocycles. The number of rotatable bonds is 5. The molecule has 0 amide bonds. The van der Waals surface area contributed by atoms with E-state index in [0.29, 0.717) is 38.4 Å². The van der Waals surface area contributed by atoms with Gasteiger partial charge in [0.2, 0.25) is 0 Å². The van der Waals surface area contributed by atoms with Crippen molar-refractivity contribution in [1.82, 2.24) is 9.88 Å². The summed E-state index contributed by atoms with van der Waals surface area (Å²) in [6.07, 6.45) is 2.97. The van der Waals surface area contributed by atoms with Crippen molar-refractivity contribution in [3.05, 3.63) is 56.8 Å². The number of nitro benzene ring substituents is 2. The van der Waals surface area contributed by atoms with Crippen LogP contribution in [-0.4, -0.2) is 45.9 Å². The Morgan fingerprint density at radius 2 is 1.88 bits per heavy atom. The Balaban J connectivity index is 1.71. The number of aromatic nitrogens is 1. The van der Waals surface area contributed by atoms with Crippen molar-refractivity contribution in [1.29, 1.82) is 0 Å². The second-order valence-electron chi connectivity index (χ2n) is 5.43. The molecule has 0 N–H and O–H groups in total. The molecule has 1 fully saturated rings. The molecular weight excluding hydrogens is 318 g/mol. The van der Waals surface area contributed by atoms with Crippen LogP contribution >= 0.6 is 0 Å². The predicted molar refractivity (Wildman–Crippen MR) is 83.7 cm³/mol. The molecule has 1 aliphatic heterocycles. The number of nitrogens with zero attached hydrogens (tertiary/aromatic N) is 5. The number of nitro groups is 2. The molecule has 0 aliphatic carbocycles. The van der Waals surface area contributed by atoms with Crippen LogP contribution in [0.4, 0.5) is 17.1 Å². The highest BCUT2D eigenvalue weighted by Gasteiger charge is 2.26. The van der Waals surface area contributed by atoms with Gasteiger partial charge in [0.15, 0.2) is 6.39 Å². The first-order valence-corrected chi connectivity index (χ1v) is 7.32. The van der Waals surface area contributed by atoms with Crippen molar-refractivity contribution >= 4 is 17.1 Å². The third kappa shape index (κ3) is 3.33. The van der Waals surface area contributed by atoms with Crippen LogP contribution in [0.2, 0.25) is 0 Å². The van der Waals surface area contributed by atoms with Gasteiger partial charge in [0, 0.05) is 38.8 Å². The Labute approximate surface area is 136 Å². The molecule has 1 aromatic heterocycles. The predicted octanol–water partition coefficient (Wildman–Crippen LogP) is 1.81. The van der Waals surface area contributed by atoms with Crippen molar-refractivity contribution in [3.8, 4) is 0 Å². The Bertz CT molecular complexity index is 740. The maximum absolute atomic E-state index is 11.2. The van der Waals surface area contributed by atoms with Crippen LogP contribution in [0.1, 0.15) is 5.69 Å². The molecule has 0 atom stereocenters. The first-order valence-electron chi connectivity index (χ1n) is 7.32. The van der Waals surface area contributed by atoms with Gasteiger partial charge in [0.1, 0.15) is 12.0 Å². The van der Waals surface area contributed by atoms with Gasteiger partial charge < -0.3 is 9.32 Å². The molecule has 10 nitrogen and oxygen atoms in total. The molecular formula is C14H15N5O5. The highest BCUT2D eigenvalue weighted by Crippen LogP contribution is 2.32. The van der Waals surface area contributed by atoms with Crippen LogP contribution in [-0.2, 0) is 6.54 Å². The number of hydrogen-bond acceptors (Lipinski definition) is 8. The van der Waals surface area contributed by atoms with Gasteiger partial charge >= 0.3 is 0 Å². The van der Waals surface area contributed by atoms with E-state index in [1.54, 1.807) is 6.26 Å². The van der Waals surface area contributed by atoms with E-state index in [1.165, 1.54) is 18.5 Å². The summed E-state index contributed by atoms with van der Waals surface area (Å²) in [7, 11) is 0. The van der Waals surface area contributed by atoms with Gasteiger partial charge in [-0.3, -0.25) is 25.1 Å². The van der Waals surface area contributed by atoms with Gasteiger partial charge in [0.05, 0.1) is 21.6 Å². The summed E-state index contributed by atoms with van der Waals surface area (Å²) in [6.45, 7) is 3.27. The van der Waals surface area contributed by atoms with E-state index in [2.05, 4.69) is 9.88 Å². The minimum absolute atomic E-state index is 0.242. The number of oxazole rings is 1. The zero-order valence-corrected chi connectivity index (χ0v) is 12.7. The van der Waals surface area contributed by atoms with Gasteiger partial charge in [-0.1, -0.05) is 0 Å². The minimum atomic E-state index is -0.632. The van der Waals surface area contributed by atoms with Crippen molar-refractivity contribution in [2.24, 2.45) is 0 Å². The summed E-state index contributed by atoms with van der Waals surface area (Å²) >= 11 is 0. The molecule has 10 heteroatoms. The molecule has 0 spiro atoms. The lowest BCUT2D eigenvalue weighted by molar-refractivity contribution is -0.393. The molecule has 126 valence electrons. The standard InChI is InChI=1S/C14H15N5O5/c20-18(21)12-1-2-13(14(7-12)19(22)23)17-5-3-16(4-6-17)8-11-9-24-10-15-11/h1-2,7,9-10H,3-6,8H2. The summed E-state index contributed by atoms with van der Waals surface area (Å²) in [5.74, 6) is 0. The lowest BCUT2D eigenvalue weighted by Gasteiger charge is -2.35. The fraction of sp³-hybridized carbons (Fsp3) is 0.357. The van der Waals surface area contributed by atoms with E-state index < -0.39 is 9.85 Å². The number of anilines is 1. The SMILES string of the molecule is O=[N+]([O-])c1ccc(N2CCN(Cc3cocn3)CC2)c([N+](=O)[O-])c1. The first kappa shape index (κ1) is 15.9. The molecule has 0 unspecified atom stereocenters. The number of benzene rings is 1. The second kappa shape index (κ2) is 6.62. The summed E-state index contributed by atoms with van der Waals surface area (Å²) in [5.41, 5.74) is 0.723. The molecule has 3 rings (SSSR count). The largest absolute Gasteiger partial charge is 0.451 e. The van der Waals surface area contributed by atoms with E-state index in [4.69, 9.17) is 4.42 Å². The van der Waals surface area contributed by atoms with Crippen molar-refractivity contribution in [2.45, 2.75) is 6.54 Å². The average molecular weight is 333 g/mol. The molecule has 0 bridgehead atoms. The van der Waals surface area contributed by atoms with Gasteiger partial charge in [-0.2, -0.15) is 0 Å². The molecule has 1 aromatic carbocycles. The zero-order valence-electron chi connectivity index (χ0n) is 12.7. The topological polar surface area (TPSA) is 119 Å². The Morgan fingerprint density at radius 3 is 2.46 bits per heavy atom. The first-order chi connectivity index (χ1) is 11.5. The fourth-order valence-corrected chi connectivity index (χ4v) is 2.73. The zero-order chi connectivity index (χ0) is 17.1. The molecule has 1 aliphatic rings. The van der Waals surface area contributed by atoms with Crippen LogP contribution in [0.25, 0.3) is 0 Å². The van der Waals surface area contributed by atoms with E-state index in [9.17, 15) is 20.2 Å². The summed E-state index contributed by atoms with van der Waals surface area (Å²) in [5, 5.41) is 22.0. The number of hydrogen-bond donors (Lipinski definition) is 0. The second-order valence-corrected chi connectivity index (χ2v) is 5.43. The summed E-state index contributed by atoms with van der Waals surface area (Å²) in [6, 6.07) is 3.75. The molecule has 24 heavy (non-hydrogen) atoms. The van der Waals surface area contributed by atoms with Crippen molar-refractivity contribution in [3.63, 3.8) is 0 Å². The van der Waals surface area contributed by atoms with Gasteiger partial charge in [-0.15, -0.1) is 0 Å². The van der Waals surface area contributed by atoms with Gasteiger partial charge in [-0.05, 0) is 6.07 Å². The fourth-order valence-electron chi connectivity index (χ4n) is 2.73. The Kier molecular flexibility index (Phi) is 4.38. The Morgan fingerprint density at radius 1 is 1.12 bits per heavy atom. The van der Waals surface area contributed by atoms with Crippen LogP contribution in [0.15, 0.2) is 35.3 Å². The number of non-ortho nitro benzene ring substituents is 1. The molecule has 2 heterocycles. The molecule has 0 radical (unpaired) electrons. The number of piperazine rings is 1. The summed E-state index contributed by atoms with van der Waals surface area (Å²) in [4.78, 5) is 29.0. The van der Waals surface area contributed by atoms with E-state index >= 15 is 0 Å². The van der Waals surface area contributed by atoms with E-state index in [1.807, 2.05) is 4.90 Å². The minimum Gasteiger partial charge on any atom is -0.451 e. The van der Waals surface area contributed by atoms with Gasteiger partial charge in [0.25, 0.3) is 11.4 Å². The highest BCUT2D eigenvalue weighted by atomic mass is 16.6.